The average molecular weight is 332 g/mol. The lowest BCUT2D eigenvalue weighted by Crippen LogP contribution is -2.30. The van der Waals surface area contributed by atoms with Gasteiger partial charge in [0, 0.05) is 18.5 Å². The third-order valence-corrected chi connectivity index (χ3v) is 5.40. The minimum Gasteiger partial charge on any atom is -0.485 e. The van der Waals surface area contributed by atoms with Crippen molar-refractivity contribution in [3.8, 4) is 11.5 Å². The monoisotopic (exact) mass is 332 g/mol. The summed E-state index contributed by atoms with van der Waals surface area (Å²) in [6.07, 6.45) is 0.646. The lowest BCUT2D eigenvalue weighted by atomic mass is 10.2. The van der Waals surface area contributed by atoms with Gasteiger partial charge in [-0.25, -0.2) is 13.6 Å². The molecule has 1 saturated heterocycles. The maximum atomic E-state index is 12.5. The van der Waals surface area contributed by atoms with Crippen molar-refractivity contribution in [3.05, 3.63) is 10.3 Å². The van der Waals surface area contributed by atoms with Gasteiger partial charge in [0.2, 0.25) is 10.0 Å². The van der Waals surface area contributed by atoms with Crippen LogP contribution in [0.4, 0.5) is 0 Å². The molecule has 2 aliphatic rings. The zero-order valence-corrected chi connectivity index (χ0v) is 12.9. The zero-order chi connectivity index (χ0) is 15.0. The number of thiophene rings is 1. The summed E-state index contributed by atoms with van der Waals surface area (Å²) < 4.78 is 33.2. The fraction of sp³-hybridized carbons (Fsp3) is 0.583. The van der Waals surface area contributed by atoms with E-state index in [1.807, 2.05) is 0 Å². The van der Waals surface area contributed by atoms with E-state index in [2.05, 4.69) is 0 Å². The lowest BCUT2D eigenvalue weighted by molar-refractivity contribution is 0.0784. The Balaban J connectivity index is 1.71. The molecule has 7 nitrogen and oxygen atoms in total. The Morgan fingerprint density at radius 2 is 2.19 bits per heavy atom. The van der Waals surface area contributed by atoms with Crippen molar-refractivity contribution < 1.29 is 22.7 Å². The third kappa shape index (κ3) is 3.14. The summed E-state index contributed by atoms with van der Waals surface area (Å²) in [4.78, 5) is 14.7. The van der Waals surface area contributed by atoms with Crippen molar-refractivity contribution in [3.63, 3.8) is 0 Å². The molecule has 0 aliphatic carbocycles. The summed E-state index contributed by atoms with van der Waals surface area (Å²) in [5.41, 5.74) is 0. The number of nitrogens with zero attached hydrogens (tertiary/aromatic N) is 1. The van der Waals surface area contributed by atoms with E-state index in [0.717, 1.165) is 0 Å². The second-order valence-corrected chi connectivity index (χ2v) is 7.73. The molecule has 9 heteroatoms. The Morgan fingerprint density at radius 1 is 1.43 bits per heavy atom. The van der Waals surface area contributed by atoms with E-state index in [-0.39, 0.29) is 17.6 Å². The van der Waals surface area contributed by atoms with Gasteiger partial charge in [0.05, 0.1) is 5.75 Å². The maximum Gasteiger partial charge on any atom is 0.267 e. The van der Waals surface area contributed by atoms with Gasteiger partial charge in [-0.1, -0.05) is 0 Å². The van der Waals surface area contributed by atoms with E-state index in [9.17, 15) is 13.2 Å². The number of amides is 1. The topological polar surface area (TPSA) is 98.9 Å². The molecule has 0 unspecified atom stereocenters. The number of carbonyl (C=O) groups excluding carboxylic acids is 1. The van der Waals surface area contributed by atoms with Gasteiger partial charge in [0.1, 0.15) is 18.1 Å². The number of nitrogens with two attached hydrogens (primary N) is 1. The molecular formula is C12H16N2O5S2. The first kappa shape index (κ1) is 14.6. The number of hydrogen-bond acceptors (Lipinski definition) is 6. The van der Waals surface area contributed by atoms with Crippen LogP contribution in [0.1, 0.15) is 16.1 Å². The Bertz CT molecular complexity index is 655. The molecule has 0 spiro atoms. The van der Waals surface area contributed by atoms with Gasteiger partial charge in [0.25, 0.3) is 5.91 Å². The first-order chi connectivity index (χ1) is 9.94. The minimum atomic E-state index is -3.50. The van der Waals surface area contributed by atoms with E-state index in [1.165, 1.54) is 11.3 Å². The summed E-state index contributed by atoms with van der Waals surface area (Å²) in [6, 6.07) is 0. The Hall–Kier alpha value is -1.32. The van der Waals surface area contributed by atoms with Crippen LogP contribution >= 0.6 is 11.3 Å². The molecule has 0 saturated carbocycles. The Labute approximate surface area is 126 Å². The molecule has 0 aromatic carbocycles. The largest absolute Gasteiger partial charge is 0.485 e. The van der Waals surface area contributed by atoms with E-state index in [0.29, 0.717) is 49.1 Å². The van der Waals surface area contributed by atoms with Crippen molar-refractivity contribution in [1.29, 1.82) is 0 Å². The Morgan fingerprint density at radius 3 is 2.95 bits per heavy atom. The average Bonchev–Trinajstić information content (AvgIpc) is 3.02. The molecule has 3 rings (SSSR count). The van der Waals surface area contributed by atoms with Gasteiger partial charge in [-0.2, -0.15) is 0 Å². The van der Waals surface area contributed by atoms with Gasteiger partial charge in [-0.05, 0) is 12.3 Å². The number of carbonyl (C=O) groups is 1. The number of hydrogen-bond donors (Lipinski definition) is 1. The quantitative estimate of drug-likeness (QED) is 0.856. The maximum absolute atomic E-state index is 12.5. The number of rotatable bonds is 3. The highest BCUT2D eigenvalue weighted by Crippen LogP contribution is 2.40. The predicted octanol–water partition coefficient (Wildman–Crippen LogP) is 0.270. The molecule has 116 valence electrons. The van der Waals surface area contributed by atoms with Crippen molar-refractivity contribution in [2.24, 2.45) is 11.1 Å². The summed E-state index contributed by atoms with van der Waals surface area (Å²) in [7, 11) is -3.50. The molecule has 21 heavy (non-hydrogen) atoms. The van der Waals surface area contributed by atoms with E-state index < -0.39 is 10.0 Å². The summed E-state index contributed by atoms with van der Waals surface area (Å²) in [6.45, 7) is 1.85. The van der Waals surface area contributed by atoms with Crippen molar-refractivity contribution in [2.75, 3.05) is 32.1 Å². The Kier molecular flexibility index (Phi) is 3.80. The van der Waals surface area contributed by atoms with Crippen LogP contribution in [0.5, 0.6) is 11.5 Å². The van der Waals surface area contributed by atoms with Crippen LogP contribution in [0.3, 0.4) is 0 Å². The highest BCUT2D eigenvalue weighted by Gasteiger charge is 2.32. The molecule has 1 aromatic rings. The fourth-order valence-electron chi connectivity index (χ4n) is 2.64. The van der Waals surface area contributed by atoms with Crippen LogP contribution in [0.25, 0.3) is 0 Å². The predicted molar refractivity (Wildman–Crippen MR) is 77.3 cm³/mol. The van der Waals surface area contributed by atoms with Gasteiger partial charge in [-0.15, -0.1) is 11.3 Å². The van der Waals surface area contributed by atoms with Gasteiger partial charge in [-0.3, -0.25) is 4.79 Å². The molecule has 0 radical (unpaired) electrons. The highest BCUT2D eigenvalue weighted by molar-refractivity contribution is 7.89. The smallest absolute Gasteiger partial charge is 0.267 e. The summed E-state index contributed by atoms with van der Waals surface area (Å²) >= 11 is 1.29. The van der Waals surface area contributed by atoms with Crippen LogP contribution in [0, 0.1) is 5.92 Å². The van der Waals surface area contributed by atoms with E-state index in [4.69, 9.17) is 14.6 Å². The van der Waals surface area contributed by atoms with Crippen LogP contribution < -0.4 is 14.6 Å². The second kappa shape index (κ2) is 5.47. The number of ether oxygens (including phenoxy) is 2. The van der Waals surface area contributed by atoms with E-state index in [1.54, 1.807) is 10.3 Å². The standard InChI is InChI=1S/C12H16N2O5S2/c13-21(16,17)7-8-1-2-14(5-8)12(15)11-10-9(6-20-11)18-3-4-19-10/h6,8H,1-5,7H2,(H2,13,16,17)/t8-/m0/s1. The summed E-state index contributed by atoms with van der Waals surface area (Å²) in [5.74, 6) is 0.792. The molecule has 1 aromatic heterocycles. The molecule has 2 aliphatic heterocycles. The minimum absolute atomic E-state index is 0.0844. The normalized spacial score (nSPS) is 21.6. The molecule has 1 amide bonds. The van der Waals surface area contributed by atoms with Gasteiger partial charge >= 0.3 is 0 Å². The first-order valence-electron chi connectivity index (χ1n) is 6.61. The highest BCUT2D eigenvalue weighted by atomic mass is 32.2. The molecular weight excluding hydrogens is 316 g/mol. The van der Waals surface area contributed by atoms with Crippen molar-refractivity contribution in [2.45, 2.75) is 6.42 Å². The van der Waals surface area contributed by atoms with Crippen LogP contribution in [-0.4, -0.2) is 51.3 Å². The number of likely N-dealkylation sites (tertiary alicyclic amines) is 1. The van der Waals surface area contributed by atoms with E-state index >= 15 is 0 Å². The number of sulfonamides is 1. The molecule has 3 heterocycles. The van der Waals surface area contributed by atoms with Gasteiger partial charge < -0.3 is 14.4 Å². The second-order valence-electron chi connectivity index (χ2n) is 5.19. The SMILES string of the molecule is NS(=O)(=O)C[C@H]1CCN(C(=O)c2scc3c2OCCO3)C1. The first-order valence-corrected chi connectivity index (χ1v) is 9.20. The molecule has 1 atom stereocenters. The van der Waals surface area contributed by atoms with Crippen LogP contribution in [0.15, 0.2) is 5.38 Å². The number of fused-ring (bicyclic) bond motifs is 1. The zero-order valence-electron chi connectivity index (χ0n) is 11.3. The van der Waals surface area contributed by atoms with Crippen LogP contribution in [0.2, 0.25) is 0 Å². The van der Waals surface area contributed by atoms with Crippen LogP contribution in [-0.2, 0) is 10.0 Å². The fourth-order valence-corrected chi connectivity index (χ4v) is 4.46. The van der Waals surface area contributed by atoms with Crippen molar-refractivity contribution >= 4 is 27.3 Å². The van der Waals surface area contributed by atoms with Gasteiger partial charge in [0.15, 0.2) is 11.5 Å². The molecule has 0 bridgehead atoms. The number of primary sulfonamides is 1. The lowest BCUT2D eigenvalue weighted by Gasteiger charge is -2.19. The molecule has 2 N–H and O–H groups in total. The van der Waals surface area contributed by atoms with Crippen molar-refractivity contribution in [1.82, 2.24) is 4.90 Å². The third-order valence-electron chi connectivity index (χ3n) is 3.54. The molecule has 1 fully saturated rings. The summed E-state index contributed by atoms with van der Waals surface area (Å²) in [5, 5.41) is 6.82.